The molecule has 6 heteroatoms. The van der Waals surface area contributed by atoms with Gasteiger partial charge in [0.05, 0.1) is 22.7 Å². The molecule has 1 aromatic carbocycles. The molecule has 0 aliphatic heterocycles. The lowest BCUT2D eigenvalue weighted by Gasteiger charge is -2.07. The van der Waals surface area contributed by atoms with Gasteiger partial charge in [-0.05, 0) is 18.6 Å². The largest absolute Gasteiger partial charge is 0.398 e. The highest BCUT2D eigenvalue weighted by atomic mass is 32.2. The number of sulfone groups is 1. The van der Waals surface area contributed by atoms with Gasteiger partial charge in [-0.1, -0.05) is 12.1 Å². The number of para-hydroxylation sites is 1. The molecule has 0 atom stereocenters. The predicted octanol–water partition coefficient (Wildman–Crippen LogP) is 1.33. The highest BCUT2D eigenvalue weighted by Gasteiger charge is 2.16. The second-order valence-electron chi connectivity index (χ2n) is 4.01. The Labute approximate surface area is 106 Å². The van der Waals surface area contributed by atoms with Gasteiger partial charge in [0.25, 0.3) is 0 Å². The van der Waals surface area contributed by atoms with Crippen LogP contribution in [-0.4, -0.2) is 23.7 Å². The lowest BCUT2D eigenvalue weighted by atomic mass is 10.3. The zero-order chi connectivity index (χ0) is 13.0. The fraction of sp³-hybridized carbons (Fsp3) is 0.250. The molecule has 0 saturated heterocycles. The highest BCUT2D eigenvalue weighted by molar-refractivity contribution is 7.91. The normalized spacial score (nSPS) is 11.6. The Bertz CT molecular complexity index is 606. The zero-order valence-corrected chi connectivity index (χ0v) is 10.7. The first-order valence-electron chi connectivity index (χ1n) is 5.62. The minimum atomic E-state index is -3.30. The first-order valence-corrected chi connectivity index (χ1v) is 7.28. The Hall–Kier alpha value is -1.82. The Balaban J connectivity index is 2.02. The fourth-order valence-electron chi connectivity index (χ4n) is 1.73. The third-order valence-electron chi connectivity index (χ3n) is 2.64. The number of nitrogens with two attached hydrogens (primary N) is 1. The summed E-state index contributed by atoms with van der Waals surface area (Å²) in [6, 6.07) is 6.55. The highest BCUT2D eigenvalue weighted by Crippen LogP contribution is 2.19. The summed E-state index contributed by atoms with van der Waals surface area (Å²) in [4.78, 5) is 4.12. The number of hydrogen-bond acceptors (Lipinski definition) is 4. The summed E-state index contributed by atoms with van der Waals surface area (Å²) in [6.45, 7) is 0.631. The minimum absolute atomic E-state index is 0.0827. The van der Waals surface area contributed by atoms with Crippen molar-refractivity contribution < 1.29 is 8.42 Å². The molecule has 0 saturated carbocycles. The average molecular weight is 265 g/mol. The molecule has 0 aliphatic carbocycles. The van der Waals surface area contributed by atoms with E-state index in [9.17, 15) is 8.42 Å². The number of benzene rings is 1. The number of aryl methyl sites for hydroxylation is 1. The Morgan fingerprint density at radius 3 is 2.72 bits per heavy atom. The topological polar surface area (TPSA) is 78.0 Å². The number of nitrogens with zero attached hydrogens (tertiary/aromatic N) is 2. The van der Waals surface area contributed by atoms with Crippen LogP contribution in [0.5, 0.6) is 0 Å². The summed E-state index contributed by atoms with van der Waals surface area (Å²) in [7, 11) is -3.30. The van der Waals surface area contributed by atoms with Crippen molar-refractivity contribution in [1.82, 2.24) is 9.55 Å². The molecule has 2 N–H and O–H groups in total. The molecular weight excluding hydrogens is 250 g/mol. The van der Waals surface area contributed by atoms with E-state index in [0.29, 0.717) is 18.7 Å². The van der Waals surface area contributed by atoms with E-state index in [0.717, 1.165) is 0 Å². The van der Waals surface area contributed by atoms with Crippen molar-refractivity contribution in [3.05, 3.63) is 43.0 Å². The summed E-state index contributed by atoms with van der Waals surface area (Å²) in [6.07, 6.45) is 5.68. The molecule has 2 aromatic rings. The number of imidazole rings is 1. The van der Waals surface area contributed by atoms with Gasteiger partial charge in [-0.3, -0.25) is 0 Å². The van der Waals surface area contributed by atoms with Crippen molar-refractivity contribution in [2.24, 2.45) is 0 Å². The van der Waals surface area contributed by atoms with Crippen molar-refractivity contribution in [2.45, 2.75) is 17.9 Å². The monoisotopic (exact) mass is 265 g/mol. The van der Waals surface area contributed by atoms with Crippen LogP contribution in [0.25, 0.3) is 0 Å². The lowest BCUT2D eigenvalue weighted by molar-refractivity contribution is 0.586. The summed E-state index contributed by atoms with van der Waals surface area (Å²) in [5, 5.41) is 0. The number of anilines is 1. The van der Waals surface area contributed by atoms with Gasteiger partial charge in [0.15, 0.2) is 9.84 Å². The minimum Gasteiger partial charge on any atom is -0.398 e. The number of rotatable bonds is 5. The van der Waals surface area contributed by atoms with Crippen molar-refractivity contribution in [1.29, 1.82) is 0 Å². The molecule has 0 amide bonds. The maximum atomic E-state index is 12.1. The van der Waals surface area contributed by atoms with E-state index in [1.54, 1.807) is 36.8 Å². The molecule has 5 nitrogen and oxygen atoms in total. The van der Waals surface area contributed by atoms with Crippen LogP contribution in [0, 0.1) is 0 Å². The van der Waals surface area contributed by atoms with Crippen molar-refractivity contribution in [3.63, 3.8) is 0 Å². The molecule has 0 radical (unpaired) electrons. The van der Waals surface area contributed by atoms with Crippen LogP contribution in [0.3, 0.4) is 0 Å². The summed E-state index contributed by atoms with van der Waals surface area (Å²) in [5.74, 6) is 0.0827. The molecular formula is C12H15N3O2S. The average Bonchev–Trinajstić information content (AvgIpc) is 2.82. The van der Waals surface area contributed by atoms with Gasteiger partial charge in [-0.15, -0.1) is 0 Å². The SMILES string of the molecule is Nc1ccccc1S(=O)(=O)CCCn1ccnc1. The van der Waals surface area contributed by atoms with E-state index in [-0.39, 0.29) is 10.6 Å². The quantitative estimate of drug-likeness (QED) is 0.827. The van der Waals surface area contributed by atoms with Gasteiger partial charge in [0.2, 0.25) is 0 Å². The maximum absolute atomic E-state index is 12.1. The van der Waals surface area contributed by atoms with E-state index >= 15 is 0 Å². The Kier molecular flexibility index (Phi) is 3.66. The van der Waals surface area contributed by atoms with Gasteiger partial charge in [-0.25, -0.2) is 13.4 Å². The van der Waals surface area contributed by atoms with Crippen LogP contribution in [-0.2, 0) is 16.4 Å². The zero-order valence-electron chi connectivity index (χ0n) is 9.86. The molecule has 1 aromatic heterocycles. The van der Waals surface area contributed by atoms with Crippen LogP contribution in [0.15, 0.2) is 47.9 Å². The van der Waals surface area contributed by atoms with Gasteiger partial charge in [0.1, 0.15) is 0 Å². The fourth-order valence-corrected chi connectivity index (χ4v) is 3.17. The molecule has 1 heterocycles. The van der Waals surface area contributed by atoms with Crippen molar-refractivity contribution >= 4 is 15.5 Å². The molecule has 0 fully saturated rings. The first kappa shape index (κ1) is 12.6. The van der Waals surface area contributed by atoms with Gasteiger partial charge in [-0.2, -0.15) is 0 Å². The molecule has 2 rings (SSSR count). The Morgan fingerprint density at radius 1 is 1.28 bits per heavy atom. The van der Waals surface area contributed by atoms with Crippen LogP contribution in [0.1, 0.15) is 6.42 Å². The summed E-state index contributed by atoms with van der Waals surface area (Å²) in [5.41, 5.74) is 5.98. The van der Waals surface area contributed by atoms with Crippen LogP contribution < -0.4 is 5.73 Å². The maximum Gasteiger partial charge on any atom is 0.180 e. The van der Waals surface area contributed by atoms with E-state index in [2.05, 4.69) is 4.98 Å². The molecule has 96 valence electrons. The third-order valence-corrected chi connectivity index (χ3v) is 4.51. The third kappa shape index (κ3) is 2.89. The van der Waals surface area contributed by atoms with E-state index < -0.39 is 9.84 Å². The van der Waals surface area contributed by atoms with Gasteiger partial charge >= 0.3 is 0 Å². The smallest absolute Gasteiger partial charge is 0.180 e. The molecule has 0 aliphatic rings. The molecule has 0 unspecified atom stereocenters. The second-order valence-corrected chi connectivity index (χ2v) is 6.09. The van der Waals surface area contributed by atoms with Gasteiger partial charge in [0, 0.05) is 18.9 Å². The van der Waals surface area contributed by atoms with Gasteiger partial charge < -0.3 is 10.3 Å². The lowest BCUT2D eigenvalue weighted by Crippen LogP contribution is -2.11. The number of aromatic nitrogens is 2. The number of hydrogen-bond donors (Lipinski definition) is 1. The predicted molar refractivity (Wildman–Crippen MR) is 69.8 cm³/mol. The molecule has 0 spiro atoms. The van der Waals surface area contributed by atoms with Crippen molar-refractivity contribution in [3.8, 4) is 0 Å². The Morgan fingerprint density at radius 2 is 2.06 bits per heavy atom. The number of nitrogen functional groups attached to an aromatic ring is 1. The van der Waals surface area contributed by atoms with Crippen LogP contribution in [0.4, 0.5) is 5.69 Å². The molecule has 0 bridgehead atoms. The van der Waals surface area contributed by atoms with E-state index in [1.807, 2.05) is 10.8 Å². The molecule has 18 heavy (non-hydrogen) atoms. The first-order chi connectivity index (χ1) is 8.59. The van der Waals surface area contributed by atoms with Crippen molar-refractivity contribution in [2.75, 3.05) is 11.5 Å². The van der Waals surface area contributed by atoms with Crippen LogP contribution >= 0.6 is 0 Å². The van der Waals surface area contributed by atoms with Crippen LogP contribution in [0.2, 0.25) is 0 Å². The second kappa shape index (κ2) is 5.22. The van der Waals surface area contributed by atoms with E-state index in [1.165, 1.54) is 0 Å². The standard InChI is InChI=1S/C12H15N3O2S/c13-11-4-1-2-5-12(11)18(16,17)9-3-7-15-8-6-14-10-15/h1-2,4-6,8,10H,3,7,9,13H2. The van der Waals surface area contributed by atoms with E-state index in [4.69, 9.17) is 5.73 Å². The summed E-state index contributed by atoms with van der Waals surface area (Å²) < 4.78 is 26.0. The summed E-state index contributed by atoms with van der Waals surface area (Å²) >= 11 is 0.